The van der Waals surface area contributed by atoms with E-state index in [1.54, 1.807) is 13.0 Å². The maximum atomic E-state index is 10.8. The molecule has 0 fully saturated rings. The molecule has 0 bridgehead atoms. The minimum absolute atomic E-state index is 0. The van der Waals surface area contributed by atoms with Gasteiger partial charge >= 0.3 is 0 Å². The van der Waals surface area contributed by atoms with Crippen LogP contribution in [0, 0.1) is 0 Å². The van der Waals surface area contributed by atoms with Crippen molar-refractivity contribution in [3.63, 3.8) is 0 Å². The van der Waals surface area contributed by atoms with Crippen molar-refractivity contribution in [3.05, 3.63) is 70.7 Å². The largest absolute Gasteiger partial charge is 0.384 e. The first-order chi connectivity index (χ1) is 11.4. The maximum Gasteiger partial charge on any atom is 0.193 e. The number of hydrogen-bond acceptors (Lipinski definition) is 2. The van der Waals surface area contributed by atoms with Gasteiger partial charge in [-0.05, 0) is 18.6 Å². The van der Waals surface area contributed by atoms with E-state index >= 15 is 0 Å². The fourth-order valence-corrected chi connectivity index (χ4v) is 2.69. The van der Waals surface area contributed by atoms with Gasteiger partial charge in [-0.2, -0.15) is 0 Å². The average Bonchev–Trinajstić information content (AvgIpc) is 2.55. The highest BCUT2D eigenvalue weighted by Gasteiger charge is 2.26. The van der Waals surface area contributed by atoms with E-state index in [9.17, 15) is 5.11 Å². The highest BCUT2D eigenvalue weighted by atomic mass is 127. The number of guanidine groups is 1. The Bertz CT molecular complexity index is 690. The second-order valence-corrected chi connectivity index (χ2v) is 6.53. The Balaban J connectivity index is 0.00000312. The van der Waals surface area contributed by atoms with Gasteiger partial charge in [0.15, 0.2) is 5.96 Å². The van der Waals surface area contributed by atoms with Crippen LogP contribution in [0.15, 0.2) is 59.6 Å². The third kappa shape index (κ3) is 6.49. The van der Waals surface area contributed by atoms with E-state index in [0.29, 0.717) is 29.6 Å². The van der Waals surface area contributed by atoms with Crippen LogP contribution in [0.4, 0.5) is 0 Å². The summed E-state index contributed by atoms with van der Waals surface area (Å²) in [5, 5.41) is 14.5. The molecule has 25 heavy (non-hydrogen) atoms. The molecule has 0 aliphatic heterocycles. The van der Waals surface area contributed by atoms with Crippen LogP contribution in [0.25, 0.3) is 0 Å². The van der Waals surface area contributed by atoms with Gasteiger partial charge in [0.25, 0.3) is 0 Å². The second kappa shape index (κ2) is 9.99. The highest BCUT2D eigenvalue weighted by Crippen LogP contribution is 2.27. The van der Waals surface area contributed by atoms with Crippen LogP contribution in [-0.4, -0.2) is 36.6 Å². The molecule has 4 nitrogen and oxygen atoms in total. The zero-order valence-electron chi connectivity index (χ0n) is 14.7. The molecule has 6 heteroatoms. The fourth-order valence-electron chi connectivity index (χ4n) is 2.35. The average molecular weight is 474 g/mol. The van der Waals surface area contributed by atoms with Gasteiger partial charge in [-0.1, -0.05) is 60.1 Å². The monoisotopic (exact) mass is 473 g/mol. The Kier molecular flexibility index (Phi) is 8.68. The minimum Gasteiger partial charge on any atom is -0.384 e. The molecule has 0 radical (unpaired) electrons. The second-order valence-electron chi connectivity index (χ2n) is 6.13. The molecule has 0 aliphatic carbocycles. The molecule has 0 saturated carbocycles. The molecule has 0 aromatic heterocycles. The molecule has 2 rings (SSSR count). The van der Waals surface area contributed by atoms with E-state index in [1.807, 2.05) is 67.5 Å². The molecular formula is C19H25ClIN3O. The van der Waals surface area contributed by atoms with Gasteiger partial charge in [0.1, 0.15) is 5.60 Å². The van der Waals surface area contributed by atoms with E-state index in [1.165, 1.54) is 0 Å². The number of nitrogens with zero attached hydrogens (tertiary/aromatic N) is 2. The summed E-state index contributed by atoms with van der Waals surface area (Å²) >= 11 is 6.20. The fraction of sp³-hybridized carbons (Fsp3) is 0.316. The van der Waals surface area contributed by atoms with Gasteiger partial charge in [-0.3, -0.25) is 0 Å². The molecule has 1 unspecified atom stereocenters. The van der Waals surface area contributed by atoms with Crippen LogP contribution in [-0.2, 0) is 12.1 Å². The van der Waals surface area contributed by atoms with Crippen LogP contribution in [0.2, 0.25) is 5.02 Å². The van der Waals surface area contributed by atoms with Crippen molar-refractivity contribution >= 4 is 41.5 Å². The van der Waals surface area contributed by atoms with Crippen LogP contribution >= 0.6 is 35.6 Å². The molecule has 136 valence electrons. The number of halogens is 2. The smallest absolute Gasteiger partial charge is 0.193 e. The molecule has 0 spiro atoms. The number of aliphatic hydroxyl groups is 1. The molecule has 2 N–H and O–H groups in total. The van der Waals surface area contributed by atoms with Crippen LogP contribution in [0.1, 0.15) is 18.1 Å². The summed E-state index contributed by atoms with van der Waals surface area (Å²) in [6, 6.07) is 17.4. The summed E-state index contributed by atoms with van der Waals surface area (Å²) in [4.78, 5) is 6.49. The molecule has 0 aliphatic rings. The first-order valence-electron chi connectivity index (χ1n) is 7.87. The topological polar surface area (TPSA) is 47.9 Å². The predicted molar refractivity (Wildman–Crippen MR) is 116 cm³/mol. The lowest BCUT2D eigenvalue weighted by atomic mass is 9.96. The minimum atomic E-state index is -1.10. The summed E-state index contributed by atoms with van der Waals surface area (Å²) in [5.74, 6) is 0.714. The normalized spacial score (nSPS) is 13.6. The third-order valence-electron chi connectivity index (χ3n) is 3.72. The van der Waals surface area contributed by atoms with Crippen molar-refractivity contribution < 1.29 is 5.11 Å². The Hall–Kier alpha value is -1.31. The SMILES string of the molecule is CN(C)C(=NCc1ccccc1)NCC(C)(O)c1ccccc1Cl.I. The maximum absolute atomic E-state index is 10.8. The molecular weight excluding hydrogens is 449 g/mol. The molecule has 2 aromatic rings. The van der Waals surface area contributed by atoms with Crippen molar-refractivity contribution in [2.75, 3.05) is 20.6 Å². The predicted octanol–water partition coefficient (Wildman–Crippen LogP) is 3.87. The van der Waals surface area contributed by atoms with Gasteiger partial charge < -0.3 is 15.3 Å². The first kappa shape index (κ1) is 21.7. The van der Waals surface area contributed by atoms with E-state index in [-0.39, 0.29) is 24.0 Å². The lowest BCUT2D eigenvalue weighted by Gasteiger charge is -2.27. The van der Waals surface area contributed by atoms with Crippen molar-refractivity contribution in [3.8, 4) is 0 Å². The summed E-state index contributed by atoms with van der Waals surface area (Å²) in [6.45, 7) is 2.63. The van der Waals surface area contributed by atoms with Gasteiger partial charge in [0, 0.05) is 24.7 Å². The quantitative estimate of drug-likeness (QED) is 0.394. The third-order valence-corrected chi connectivity index (χ3v) is 4.05. The van der Waals surface area contributed by atoms with Crippen LogP contribution in [0.3, 0.4) is 0 Å². The van der Waals surface area contributed by atoms with Gasteiger partial charge in [-0.15, -0.1) is 24.0 Å². The van der Waals surface area contributed by atoms with E-state index in [2.05, 4.69) is 10.3 Å². The van der Waals surface area contributed by atoms with Gasteiger partial charge in [-0.25, -0.2) is 4.99 Å². The summed E-state index contributed by atoms with van der Waals surface area (Å²) < 4.78 is 0. The van der Waals surface area contributed by atoms with Gasteiger partial charge in [0.05, 0.1) is 13.1 Å². The Labute approximate surface area is 171 Å². The Morgan fingerprint density at radius 1 is 1.12 bits per heavy atom. The zero-order valence-corrected chi connectivity index (χ0v) is 17.8. The molecule has 1 atom stereocenters. The van der Waals surface area contributed by atoms with Crippen molar-refractivity contribution in [2.45, 2.75) is 19.1 Å². The number of aliphatic imine (C=N–C) groups is 1. The Morgan fingerprint density at radius 2 is 1.72 bits per heavy atom. The lowest BCUT2D eigenvalue weighted by molar-refractivity contribution is 0.0613. The molecule has 0 amide bonds. The van der Waals surface area contributed by atoms with Crippen LogP contribution in [0.5, 0.6) is 0 Å². The van der Waals surface area contributed by atoms with Crippen molar-refractivity contribution in [2.24, 2.45) is 4.99 Å². The van der Waals surface area contributed by atoms with Crippen molar-refractivity contribution in [1.29, 1.82) is 0 Å². The molecule has 2 aromatic carbocycles. The molecule has 0 heterocycles. The van der Waals surface area contributed by atoms with Crippen LogP contribution < -0.4 is 5.32 Å². The standard InChI is InChI=1S/C19H24ClN3O.HI/c1-19(24,16-11-7-8-12-17(16)20)14-22-18(23(2)3)21-13-15-9-5-4-6-10-15;/h4-12,24H,13-14H2,1-3H3,(H,21,22);1H. The number of rotatable bonds is 5. The summed E-state index contributed by atoms with van der Waals surface area (Å²) in [5.41, 5.74) is 0.735. The number of hydrogen-bond donors (Lipinski definition) is 2. The van der Waals surface area contributed by atoms with E-state index < -0.39 is 5.60 Å². The Morgan fingerprint density at radius 3 is 2.32 bits per heavy atom. The number of nitrogens with one attached hydrogen (secondary N) is 1. The van der Waals surface area contributed by atoms with Gasteiger partial charge in [0.2, 0.25) is 0 Å². The van der Waals surface area contributed by atoms with E-state index in [0.717, 1.165) is 5.56 Å². The van der Waals surface area contributed by atoms with Crippen molar-refractivity contribution in [1.82, 2.24) is 10.2 Å². The van der Waals surface area contributed by atoms with E-state index in [4.69, 9.17) is 11.6 Å². The zero-order chi connectivity index (χ0) is 17.6. The number of benzene rings is 2. The first-order valence-corrected chi connectivity index (χ1v) is 8.25. The lowest BCUT2D eigenvalue weighted by Crippen LogP contribution is -2.44. The summed E-state index contributed by atoms with van der Waals surface area (Å²) in [7, 11) is 3.84. The summed E-state index contributed by atoms with van der Waals surface area (Å²) in [6.07, 6.45) is 0. The highest BCUT2D eigenvalue weighted by molar-refractivity contribution is 14.0. The molecule has 0 saturated heterocycles.